The molecule has 0 fully saturated rings. The van der Waals surface area contributed by atoms with Crippen molar-refractivity contribution < 1.29 is 14.3 Å². The molecule has 0 saturated carbocycles. The van der Waals surface area contributed by atoms with Gasteiger partial charge in [-0.3, -0.25) is 10.1 Å². The topological polar surface area (TPSA) is 55.4 Å². The first-order chi connectivity index (χ1) is 4.20. The molecule has 0 aromatic rings. The molecule has 0 bridgehead atoms. The SMILES string of the molecule is [CH2]CC(=O)NC(=O)OC. The third-order valence-electron chi connectivity index (χ3n) is 0.654. The number of alkyl carbamates (subject to hydrolysis) is 1. The fraction of sp³-hybridized carbons (Fsp3) is 0.400. The van der Waals surface area contributed by atoms with Crippen molar-refractivity contribution in [2.24, 2.45) is 0 Å². The van der Waals surface area contributed by atoms with Crippen LogP contribution in [0, 0.1) is 6.92 Å². The van der Waals surface area contributed by atoms with Gasteiger partial charge in [0.05, 0.1) is 7.11 Å². The molecule has 0 aromatic carbocycles. The molecule has 9 heavy (non-hydrogen) atoms. The van der Waals surface area contributed by atoms with E-state index >= 15 is 0 Å². The van der Waals surface area contributed by atoms with Crippen LogP contribution in [0.15, 0.2) is 0 Å². The minimum absolute atomic E-state index is 0.0368. The molecule has 4 nitrogen and oxygen atoms in total. The zero-order valence-corrected chi connectivity index (χ0v) is 5.14. The van der Waals surface area contributed by atoms with Gasteiger partial charge >= 0.3 is 6.09 Å². The molecule has 51 valence electrons. The Kier molecular flexibility index (Phi) is 3.43. The van der Waals surface area contributed by atoms with Crippen molar-refractivity contribution in [3.63, 3.8) is 0 Å². The molecule has 0 rings (SSSR count). The summed E-state index contributed by atoms with van der Waals surface area (Å²) in [7, 11) is 1.19. The molecule has 0 heterocycles. The first-order valence-corrected chi connectivity index (χ1v) is 2.37. The number of hydrogen-bond acceptors (Lipinski definition) is 3. The maximum absolute atomic E-state index is 10.3. The molecule has 1 N–H and O–H groups in total. The van der Waals surface area contributed by atoms with Crippen molar-refractivity contribution in [1.29, 1.82) is 0 Å². The van der Waals surface area contributed by atoms with Gasteiger partial charge in [0.15, 0.2) is 0 Å². The van der Waals surface area contributed by atoms with Crippen LogP contribution in [0.3, 0.4) is 0 Å². The van der Waals surface area contributed by atoms with Gasteiger partial charge < -0.3 is 4.74 Å². The summed E-state index contributed by atoms with van der Waals surface area (Å²) in [4.78, 5) is 20.5. The van der Waals surface area contributed by atoms with Gasteiger partial charge in [0.2, 0.25) is 5.91 Å². The molecule has 0 aromatic heterocycles. The van der Waals surface area contributed by atoms with Gasteiger partial charge in [-0.25, -0.2) is 4.79 Å². The fourth-order valence-corrected chi connectivity index (χ4v) is 0.227. The van der Waals surface area contributed by atoms with Gasteiger partial charge in [-0.05, 0) is 6.92 Å². The van der Waals surface area contributed by atoms with Crippen LogP contribution in [0.2, 0.25) is 0 Å². The van der Waals surface area contributed by atoms with E-state index in [9.17, 15) is 9.59 Å². The van der Waals surface area contributed by atoms with E-state index in [-0.39, 0.29) is 6.42 Å². The van der Waals surface area contributed by atoms with Crippen molar-refractivity contribution >= 4 is 12.0 Å². The largest absolute Gasteiger partial charge is 0.453 e. The van der Waals surface area contributed by atoms with Gasteiger partial charge in [0.25, 0.3) is 0 Å². The molecular weight excluding hydrogens is 122 g/mol. The second kappa shape index (κ2) is 3.88. The number of imide groups is 1. The number of carbonyl (C=O) groups is 2. The van der Waals surface area contributed by atoms with Crippen LogP contribution in [0.4, 0.5) is 4.79 Å². The first-order valence-electron chi connectivity index (χ1n) is 2.37. The van der Waals surface area contributed by atoms with Gasteiger partial charge in [-0.15, -0.1) is 0 Å². The van der Waals surface area contributed by atoms with Crippen LogP contribution in [-0.4, -0.2) is 19.1 Å². The van der Waals surface area contributed by atoms with Crippen LogP contribution < -0.4 is 5.32 Å². The molecule has 0 aliphatic carbocycles. The maximum atomic E-state index is 10.3. The van der Waals surface area contributed by atoms with Gasteiger partial charge in [0, 0.05) is 6.42 Å². The lowest BCUT2D eigenvalue weighted by molar-refractivity contribution is -0.119. The standard InChI is InChI=1S/C5H8NO3/c1-3-4(7)6-5(8)9-2/h1,3H2,2H3,(H,6,7,8). The van der Waals surface area contributed by atoms with E-state index in [1.807, 2.05) is 5.32 Å². The molecule has 4 heteroatoms. The van der Waals surface area contributed by atoms with E-state index in [1.165, 1.54) is 7.11 Å². The third kappa shape index (κ3) is 3.52. The number of amides is 2. The summed E-state index contributed by atoms with van der Waals surface area (Å²) in [6.45, 7) is 3.25. The van der Waals surface area contributed by atoms with E-state index in [4.69, 9.17) is 0 Å². The predicted octanol–water partition coefficient (Wildman–Crippen LogP) is 0.0932. The maximum Gasteiger partial charge on any atom is 0.413 e. The zero-order valence-electron chi connectivity index (χ0n) is 5.14. The number of methoxy groups -OCH3 is 1. The summed E-state index contributed by atoms with van der Waals surface area (Å²) < 4.78 is 4.12. The summed E-state index contributed by atoms with van der Waals surface area (Å²) in [5.41, 5.74) is 0. The molecule has 0 saturated heterocycles. The fourth-order valence-electron chi connectivity index (χ4n) is 0.227. The van der Waals surface area contributed by atoms with Crippen molar-refractivity contribution in [1.82, 2.24) is 5.32 Å². The number of hydrogen-bond donors (Lipinski definition) is 1. The molecular formula is C5H8NO3. The van der Waals surface area contributed by atoms with Crippen molar-refractivity contribution in [3.05, 3.63) is 6.92 Å². The minimum Gasteiger partial charge on any atom is -0.453 e. The smallest absolute Gasteiger partial charge is 0.413 e. The summed E-state index contributed by atoms with van der Waals surface area (Å²) in [6.07, 6.45) is -0.710. The normalized spacial score (nSPS) is 8.22. The highest BCUT2D eigenvalue weighted by molar-refractivity contribution is 5.91. The highest BCUT2D eigenvalue weighted by atomic mass is 16.5. The Morgan fingerprint density at radius 2 is 2.22 bits per heavy atom. The number of ether oxygens (including phenoxy) is 1. The average molecular weight is 130 g/mol. The zero-order chi connectivity index (χ0) is 7.28. The van der Waals surface area contributed by atoms with Crippen LogP contribution in [-0.2, 0) is 9.53 Å². The highest BCUT2D eigenvalue weighted by Gasteiger charge is 2.02. The summed E-state index contributed by atoms with van der Waals surface area (Å²) >= 11 is 0. The van der Waals surface area contributed by atoms with E-state index in [0.29, 0.717) is 0 Å². The van der Waals surface area contributed by atoms with Gasteiger partial charge in [-0.2, -0.15) is 0 Å². The Bertz CT molecular complexity index is 107. The summed E-state index contributed by atoms with van der Waals surface area (Å²) in [5.74, 6) is -0.443. The molecule has 0 spiro atoms. The number of carbonyl (C=O) groups excluding carboxylic acids is 2. The lowest BCUT2D eigenvalue weighted by atomic mass is 10.5. The lowest BCUT2D eigenvalue weighted by Crippen LogP contribution is -2.29. The van der Waals surface area contributed by atoms with Crippen LogP contribution in [0.1, 0.15) is 6.42 Å². The Morgan fingerprint density at radius 3 is 2.56 bits per heavy atom. The average Bonchev–Trinajstić information content (AvgIpc) is 1.87. The van der Waals surface area contributed by atoms with E-state index in [1.54, 1.807) is 0 Å². The van der Waals surface area contributed by atoms with Crippen LogP contribution in [0.5, 0.6) is 0 Å². The highest BCUT2D eigenvalue weighted by Crippen LogP contribution is 1.75. The van der Waals surface area contributed by atoms with Crippen LogP contribution >= 0.6 is 0 Å². The van der Waals surface area contributed by atoms with Gasteiger partial charge in [-0.1, -0.05) is 0 Å². The quantitative estimate of drug-likeness (QED) is 0.547. The molecule has 2 amide bonds. The van der Waals surface area contributed by atoms with Crippen molar-refractivity contribution in [2.45, 2.75) is 6.42 Å². The molecule has 0 aliphatic rings. The minimum atomic E-state index is -0.747. The van der Waals surface area contributed by atoms with E-state index in [0.717, 1.165) is 0 Å². The summed E-state index contributed by atoms with van der Waals surface area (Å²) in [6, 6.07) is 0. The second-order valence-corrected chi connectivity index (χ2v) is 1.29. The van der Waals surface area contributed by atoms with E-state index < -0.39 is 12.0 Å². The first kappa shape index (κ1) is 7.94. The predicted molar refractivity (Wildman–Crippen MR) is 30.5 cm³/mol. The third-order valence-corrected chi connectivity index (χ3v) is 0.654. The summed E-state index contributed by atoms with van der Waals surface area (Å²) in [5, 5.41) is 1.92. The molecule has 0 atom stereocenters. The Morgan fingerprint density at radius 1 is 1.67 bits per heavy atom. The lowest BCUT2D eigenvalue weighted by Gasteiger charge is -1.97. The molecule has 0 aliphatic heterocycles. The Hall–Kier alpha value is -1.06. The monoisotopic (exact) mass is 130 g/mol. The van der Waals surface area contributed by atoms with E-state index in [2.05, 4.69) is 11.7 Å². The second-order valence-electron chi connectivity index (χ2n) is 1.29. The van der Waals surface area contributed by atoms with Crippen molar-refractivity contribution in [2.75, 3.05) is 7.11 Å². The van der Waals surface area contributed by atoms with Crippen LogP contribution in [0.25, 0.3) is 0 Å². The molecule has 0 unspecified atom stereocenters. The number of nitrogens with one attached hydrogen (secondary N) is 1. The Balaban J connectivity index is 3.47. The van der Waals surface area contributed by atoms with Crippen molar-refractivity contribution in [3.8, 4) is 0 Å². The van der Waals surface area contributed by atoms with Gasteiger partial charge in [0.1, 0.15) is 0 Å². The Labute approximate surface area is 53.2 Å². The number of rotatable bonds is 1. The molecule has 1 radical (unpaired) electrons.